The van der Waals surface area contributed by atoms with Crippen LogP contribution in [0.5, 0.6) is 5.75 Å². The molecule has 0 atom stereocenters. The maximum absolute atomic E-state index is 13.2. The Bertz CT molecular complexity index is 642. The molecular formula is C16H15F4NO2. The lowest BCUT2D eigenvalue weighted by atomic mass is 10.1. The van der Waals surface area contributed by atoms with Crippen LogP contribution in [0.25, 0.3) is 0 Å². The zero-order valence-electron chi connectivity index (χ0n) is 12.0. The fourth-order valence-electron chi connectivity index (χ4n) is 1.94. The van der Waals surface area contributed by atoms with Gasteiger partial charge in [-0.3, -0.25) is 0 Å². The van der Waals surface area contributed by atoms with Gasteiger partial charge in [0.05, 0.1) is 12.2 Å². The summed E-state index contributed by atoms with van der Waals surface area (Å²) >= 11 is 0. The summed E-state index contributed by atoms with van der Waals surface area (Å²) in [5, 5.41) is 11.6. The van der Waals surface area contributed by atoms with Crippen molar-refractivity contribution in [2.24, 2.45) is 0 Å². The van der Waals surface area contributed by atoms with Crippen LogP contribution < -0.4 is 10.1 Å². The predicted octanol–water partition coefficient (Wildman–Crippen LogP) is 3.83. The molecule has 2 aromatic carbocycles. The van der Waals surface area contributed by atoms with Crippen LogP contribution in [0, 0.1) is 5.82 Å². The number of hydrogen-bond donors (Lipinski definition) is 2. The van der Waals surface area contributed by atoms with E-state index < -0.39 is 17.6 Å². The van der Waals surface area contributed by atoms with E-state index in [0.29, 0.717) is 17.0 Å². The lowest BCUT2D eigenvalue weighted by molar-refractivity contribution is -0.140. The summed E-state index contributed by atoms with van der Waals surface area (Å²) in [6.45, 7) is 0.217. The molecule has 2 aromatic rings. The smallest absolute Gasteiger partial charge is 0.419 e. The van der Waals surface area contributed by atoms with E-state index in [9.17, 15) is 17.6 Å². The van der Waals surface area contributed by atoms with Crippen molar-refractivity contribution in [2.75, 3.05) is 18.5 Å². The molecule has 0 aliphatic heterocycles. The third-order valence-electron chi connectivity index (χ3n) is 3.05. The number of alkyl halides is 3. The maximum atomic E-state index is 13.2. The summed E-state index contributed by atoms with van der Waals surface area (Å²) in [5.41, 5.74) is -0.275. The van der Waals surface area contributed by atoms with E-state index in [1.165, 1.54) is 6.07 Å². The van der Waals surface area contributed by atoms with Crippen LogP contribution in [0.2, 0.25) is 0 Å². The average molecular weight is 329 g/mol. The Morgan fingerprint density at radius 1 is 1.04 bits per heavy atom. The van der Waals surface area contributed by atoms with Crippen LogP contribution in [0.1, 0.15) is 11.1 Å². The predicted molar refractivity (Wildman–Crippen MR) is 77.8 cm³/mol. The molecule has 7 heteroatoms. The Balaban J connectivity index is 2.01. The molecule has 0 aromatic heterocycles. The molecule has 0 bridgehead atoms. The highest BCUT2D eigenvalue weighted by atomic mass is 19.4. The summed E-state index contributed by atoms with van der Waals surface area (Å²) in [7, 11) is 0. The highest BCUT2D eigenvalue weighted by molar-refractivity contribution is 5.47. The molecule has 0 saturated heterocycles. The molecule has 3 nitrogen and oxygen atoms in total. The van der Waals surface area contributed by atoms with Crippen molar-refractivity contribution in [1.29, 1.82) is 0 Å². The first kappa shape index (κ1) is 17.1. The largest absolute Gasteiger partial charge is 0.491 e. The van der Waals surface area contributed by atoms with Crippen molar-refractivity contribution < 1.29 is 27.4 Å². The van der Waals surface area contributed by atoms with Crippen LogP contribution >= 0.6 is 0 Å². The minimum Gasteiger partial charge on any atom is -0.491 e. The van der Waals surface area contributed by atoms with Crippen LogP contribution in [0.4, 0.5) is 23.2 Å². The molecule has 2 N–H and O–H groups in total. The molecule has 0 spiro atoms. The van der Waals surface area contributed by atoms with E-state index in [-0.39, 0.29) is 19.8 Å². The summed E-state index contributed by atoms with van der Waals surface area (Å²) in [5.74, 6) is -0.711. The minimum absolute atomic E-state index is 0.0912. The van der Waals surface area contributed by atoms with E-state index in [1.54, 1.807) is 24.3 Å². The second-order valence-corrected chi connectivity index (χ2v) is 4.76. The SMILES string of the molecule is OCCOc1ccc(NCc2ccc(F)c(C(F)(F)F)c2)cc1. The van der Waals surface area contributed by atoms with E-state index in [2.05, 4.69) is 5.32 Å². The Labute approximate surface area is 130 Å². The van der Waals surface area contributed by atoms with Gasteiger partial charge in [-0.1, -0.05) is 6.07 Å². The Morgan fingerprint density at radius 2 is 1.74 bits per heavy atom. The monoisotopic (exact) mass is 329 g/mol. The molecule has 0 aliphatic carbocycles. The number of anilines is 1. The number of halogens is 4. The Kier molecular flexibility index (Phi) is 5.44. The zero-order valence-corrected chi connectivity index (χ0v) is 12.0. The highest BCUT2D eigenvalue weighted by Gasteiger charge is 2.34. The van der Waals surface area contributed by atoms with E-state index in [4.69, 9.17) is 9.84 Å². The average Bonchev–Trinajstić information content (AvgIpc) is 2.52. The normalized spacial score (nSPS) is 11.3. The topological polar surface area (TPSA) is 41.5 Å². The van der Waals surface area contributed by atoms with Crippen molar-refractivity contribution >= 4 is 5.69 Å². The Hall–Kier alpha value is -2.28. The molecule has 0 radical (unpaired) electrons. The fourth-order valence-corrected chi connectivity index (χ4v) is 1.94. The van der Waals surface area contributed by atoms with Crippen molar-refractivity contribution in [3.63, 3.8) is 0 Å². The first-order valence-electron chi connectivity index (χ1n) is 6.83. The van der Waals surface area contributed by atoms with Gasteiger partial charge >= 0.3 is 6.18 Å². The van der Waals surface area contributed by atoms with Gasteiger partial charge < -0.3 is 15.2 Å². The van der Waals surface area contributed by atoms with E-state index in [0.717, 1.165) is 12.1 Å². The molecule has 0 aliphatic rings. The summed E-state index contributed by atoms with van der Waals surface area (Å²) in [6.07, 6.45) is -4.72. The van der Waals surface area contributed by atoms with Crippen LogP contribution in [-0.4, -0.2) is 18.3 Å². The number of benzene rings is 2. The van der Waals surface area contributed by atoms with Gasteiger partial charge in [0.1, 0.15) is 18.2 Å². The van der Waals surface area contributed by atoms with E-state index in [1.807, 2.05) is 0 Å². The molecule has 2 rings (SSSR count). The second kappa shape index (κ2) is 7.32. The number of rotatable bonds is 6. The van der Waals surface area contributed by atoms with Gasteiger partial charge in [0.25, 0.3) is 0 Å². The zero-order chi connectivity index (χ0) is 16.9. The molecule has 0 amide bonds. The van der Waals surface area contributed by atoms with Gasteiger partial charge in [0.15, 0.2) is 0 Å². The summed E-state index contributed by atoms with van der Waals surface area (Å²) in [6, 6.07) is 9.64. The van der Waals surface area contributed by atoms with E-state index >= 15 is 0 Å². The molecule has 0 saturated carbocycles. The van der Waals surface area contributed by atoms with Gasteiger partial charge in [-0.05, 0) is 42.0 Å². The second-order valence-electron chi connectivity index (χ2n) is 4.76. The van der Waals surface area contributed by atoms with Crippen molar-refractivity contribution in [3.8, 4) is 5.75 Å². The maximum Gasteiger partial charge on any atom is 0.419 e. The quantitative estimate of drug-likeness (QED) is 0.792. The molecule has 23 heavy (non-hydrogen) atoms. The minimum atomic E-state index is -4.72. The Morgan fingerprint density at radius 3 is 2.35 bits per heavy atom. The molecule has 124 valence electrons. The van der Waals surface area contributed by atoms with Gasteiger partial charge in [0, 0.05) is 12.2 Å². The number of aliphatic hydroxyl groups is 1. The number of hydrogen-bond acceptors (Lipinski definition) is 3. The lowest BCUT2D eigenvalue weighted by Crippen LogP contribution is -2.10. The van der Waals surface area contributed by atoms with Crippen LogP contribution in [-0.2, 0) is 12.7 Å². The first-order valence-corrected chi connectivity index (χ1v) is 6.83. The summed E-state index contributed by atoms with van der Waals surface area (Å²) in [4.78, 5) is 0. The molecular weight excluding hydrogens is 314 g/mol. The van der Waals surface area contributed by atoms with Gasteiger partial charge in [0.2, 0.25) is 0 Å². The fraction of sp³-hybridized carbons (Fsp3) is 0.250. The van der Waals surface area contributed by atoms with Gasteiger partial charge in [-0.15, -0.1) is 0 Å². The highest BCUT2D eigenvalue weighted by Crippen LogP contribution is 2.32. The van der Waals surface area contributed by atoms with Crippen molar-refractivity contribution in [3.05, 3.63) is 59.4 Å². The van der Waals surface area contributed by atoms with Gasteiger partial charge in [-0.25, -0.2) is 4.39 Å². The lowest BCUT2D eigenvalue weighted by Gasteiger charge is -2.12. The third-order valence-corrected chi connectivity index (χ3v) is 3.05. The summed E-state index contributed by atoms with van der Waals surface area (Å²) < 4.78 is 56.3. The molecule has 0 unspecified atom stereocenters. The third kappa shape index (κ3) is 4.85. The number of nitrogens with one attached hydrogen (secondary N) is 1. The van der Waals surface area contributed by atoms with Gasteiger partial charge in [-0.2, -0.15) is 13.2 Å². The standard InChI is InChI=1S/C16H15F4NO2/c17-15-6-1-11(9-14(15)16(18,19)20)10-21-12-2-4-13(5-3-12)23-8-7-22/h1-6,9,21-22H,7-8,10H2. The van der Waals surface area contributed by atoms with Crippen LogP contribution in [0.3, 0.4) is 0 Å². The number of aliphatic hydroxyl groups excluding tert-OH is 1. The molecule has 0 heterocycles. The molecule has 0 fully saturated rings. The number of ether oxygens (including phenoxy) is 1. The van der Waals surface area contributed by atoms with Crippen molar-refractivity contribution in [2.45, 2.75) is 12.7 Å². The van der Waals surface area contributed by atoms with Crippen LogP contribution in [0.15, 0.2) is 42.5 Å². The van der Waals surface area contributed by atoms with Crippen molar-refractivity contribution in [1.82, 2.24) is 0 Å². The first-order chi connectivity index (χ1) is 10.9.